The van der Waals surface area contributed by atoms with Crippen LogP contribution >= 0.6 is 0 Å². The molecule has 13 N–H and O–H groups in total. The van der Waals surface area contributed by atoms with E-state index in [2.05, 4.69) is 25.9 Å². The van der Waals surface area contributed by atoms with Crippen molar-refractivity contribution in [3.8, 4) is 0 Å². The Bertz CT molecular complexity index is 1240. The maximum Gasteiger partial charge on any atom is 0.325 e. The highest BCUT2D eigenvalue weighted by Crippen LogP contribution is 2.19. The number of hydrogen-bond donors (Lipinski definition) is 9. The molecule has 2 aromatic rings. The summed E-state index contributed by atoms with van der Waals surface area (Å²) in [6, 6.07) is 2.71. The number of aliphatic carboxylic acids is 1. The first-order valence-electron chi connectivity index (χ1n) is 12.7. The van der Waals surface area contributed by atoms with Gasteiger partial charge in [-0.25, -0.2) is 0 Å². The summed E-state index contributed by atoms with van der Waals surface area (Å²) >= 11 is 0. The molecule has 15 heteroatoms. The van der Waals surface area contributed by atoms with E-state index in [0.29, 0.717) is 12.0 Å². The van der Waals surface area contributed by atoms with E-state index in [9.17, 15) is 29.1 Å². The summed E-state index contributed by atoms with van der Waals surface area (Å²) in [5, 5.41) is 17.6. The number of aromatic amines is 1. The van der Waals surface area contributed by atoms with Gasteiger partial charge in [-0.2, -0.15) is 0 Å². The number of carboxylic acids is 1. The molecular formula is C25H37N9O6. The number of nitrogens with one attached hydrogen (secondary N) is 4. The second kappa shape index (κ2) is 15.1. The normalized spacial score (nSPS) is 13.8. The van der Waals surface area contributed by atoms with E-state index in [0.717, 1.165) is 10.9 Å². The van der Waals surface area contributed by atoms with E-state index in [1.807, 2.05) is 24.3 Å². The van der Waals surface area contributed by atoms with Gasteiger partial charge in [-0.3, -0.25) is 29.0 Å². The summed E-state index contributed by atoms with van der Waals surface area (Å²) < 4.78 is 0. The molecule has 0 saturated carbocycles. The summed E-state index contributed by atoms with van der Waals surface area (Å²) in [5.41, 5.74) is 23.2. The lowest BCUT2D eigenvalue weighted by atomic mass is 10.0. The summed E-state index contributed by atoms with van der Waals surface area (Å²) in [6.45, 7) is 1.47. The van der Waals surface area contributed by atoms with E-state index in [1.54, 1.807) is 6.20 Å². The SMILES string of the molecule is CC(NC(=O)C(Cc1c[nH]c2ccccc12)NC(=O)C(CCCN=C(N)N)NC(=O)C(N)CCC(N)=O)C(=O)O. The van der Waals surface area contributed by atoms with Gasteiger partial charge < -0.3 is 49.0 Å². The molecule has 0 aliphatic heterocycles. The zero-order valence-corrected chi connectivity index (χ0v) is 22.2. The molecule has 0 aliphatic carbocycles. The lowest BCUT2D eigenvalue weighted by Gasteiger charge is -2.24. The average molecular weight is 560 g/mol. The molecule has 15 nitrogen and oxygen atoms in total. The van der Waals surface area contributed by atoms with E-state index < -0.39 is 53.8 Å². The minimum absolute atomic E-state index is 0.0256. The fraction of sp³-hybridized carbons (Fsp3) is 0.440. The van der Waals surface area contributed by atoms with Crippen molar-refractivity contribution >= 4 is 46.5 Å². The van der Waals surface area contributed by atoms with Gasteiger partial charge in [0.1, 0.15) is 18.1 Å². The number of benzene rings is 1. The van der Waals surface area contributed by atoms with Crippen molar-refractivity contribution in [1.29, 1.82) is 0 Å². The van der Waals surface area contributed by atoms with Gasteiger partial charge in [0, 0.05) is 36.5 Å². The Morgan fingerprint density at radius 2 is 1.60 bits per heavy atom. The number of aliphatic imine (C=N–C) groups is 1. The molecule has 1 heterocycles. The minimum atomic E-state index is -1.25. The van der Waals surface area contributed by atoms with Crippen LogP contribution in [0.3, 0.4) is 0 Å². The van der Waals surface area contributed by atoms with E-state index in [4.69, 9.17) is 22.9 Å². The summed E-state index contributed by atoms with van der Waals surface area (Å²) in [5.74, 6) is -4.14. The molecule has 4 amide bonds. The van der Waals surface area contributed by atoms with Crippen molar-refractivity contribution in [2.75, 3.05) is 6.54 Å². The van der Waals surface area contributed by atoms with Crippen molar-refractivity contribution < 1.29 is 29.1 Å². The monoisotopic (exact) mass is 559 g/mol. The molecule has 0 bridgehead atoms. The first-order chi connectivity index (χ1) is 18.9. The van der Waals surface area contributed by atoms with E-state index >= 15 is 0 Å². The zero-order chi connectivity index (χ0) is 29.8. The van der Waals surface area contributed by atoms with Crippen LogP contribution in [0.5, 0.6) is 0 Å². The lowest BCUT2D eigenvalue weighted by Crippen LogP contribution is -2.57. The first kappa shape index (κ1) is 31.6. The summed E-state index contributed by atoms with van der Waals surface area (Å²) in [7, 11) is 0. The predicted octanol–water partition coefficient (Wildman–Crippen LogP) is -2.08. The molecule has 1 aromatic heterocycles. The Kier molecular flexibility index (Phi) is 11.9. The molecule has 1 aromatic carbocycles. The highest BCUT2D eigenvalue weighted by Gasteiger charge is 2.30. The number of fused-ring (bicyclic) bond motifs is 1. The van der Waals surface area contributed by atoms with Crippen LogP contribution < -0.4 is 38.9 Å². The smallest absolute Gasteiger partial charge is 0.325 e. The molecular weight excluding hydrogens is 522 g/mol. The third-order valence-corrected chi connectivity index (χ3v) is 6.08. The number of guanidine groups is 1. The van der Waals surface area contributed by atoms with Crippen molar-refractivity contribution in [3.05, 3.63) is 36.0 Å². The molecule has 218 valence electrons. The molecule has 0 fully saturated rings. The van der Waals surface area contributed by atoms with Gasteiger partial charge in [-0.05, 0) is 37.8 Å². The number of aromatic nitrogens is 1. The van der Waals surface area contributed by atoms with Crippen molar-refractivity contribution in [2.24, 2.45) is 27.9 Å². The minimum Gasteiger partial charge on any atom is -0.480 e. The number of rotatable bonds is 16. The van der Waals surface area contributed by atoms with Crippen molar-refractivity contribution in [2.45, 2.75) is 63.2 Å². The van der Waals surface area contributed by atoms with Crippen LogP contribution in [-0.4, -0.2) is 76.4 Å². The highest BCUT2D eigenvalue weighted by molar-refractivity contribution is 5.95. The highest BCUT2D eigenvalue weighted by atomic mass is 16.4. The van der Waals surface area contributed by atoms with Crippen LogP contribution in [-0.2, 0) is 30.4 Å². The second-order valence-corrected chi connectivity index (χ2v) is 9.31. The Hall–Kier alpha value is -4.66. The molecule has 40 heavy (non-hydrogen) atoms. The van der Waals surface area contributed by atoms with Crippen LogP contribution in [0.2, 0.25) is 0 Å². The topological polar surface area (TPSA) is 274 Å². The number of amides is 4. The number of carboxylic acid groups (broad SMARTS) is 1. The lowest BCUT2D eigenvalue weighted by molar-refractivity contribution is -0.141. The average Bonchev–Trinajstić information content (AvgIpc) is 3.30. The van der Waals surface area contributed by atoms with Gasteiger partial charge in [0.2, 0.25) is 23.6 Å². The van der Waals surface area contributed by atoms with Crippen LogP contribution in [0.15, 0.2) is 35.5 Å². The Labute approximate surface area is 230 Å². The summed E-state index contributed by atoms with van der Waals surface area (Å²) in [4.78, 5) is 68.5. The second-order valence-electron chi connectivity index (χ2n) is 9.31. The molecule has 0 saturated heterocycles. The third kappa shape index (κ3) is 9.90. The van der Waals surface area contributed by atoms with Gasteiger partial charge in [-0.15, -0.1) is 0 Å². The van der Waals surface area contributed by atoms with Crippen LogP contribution in [0.4, 0.5) is 0 Å². The van der Waals surface area contributed by atoms with E-state index in [-0.39, 0.29) is 38.2 Å². The van der Waals surface area contributed by atoms with Gasteiger partial charge in [0.05, 0.1) is 6.04 Å². The Balaban J connectivity index is 2.27. The first-order valence-corrected chi connectivity index (χ1v) is 12.7. The van der Waals surface area contributed by atoms with Crippen LogP contribution in [0.25, 0.3) is 10.9 Å². The number of H-pyrrole nitrogens is 1. The van der Waals surface area contributed by atoms with Crippen molar-refractivity contribution in [3.63, 3.8) is 0 Å². The molecule has 2 rings (SSSR count). The van der Waals surface area contributed by atoms with Crippen LogP contribution in [0.1, 0.15) is 38.2 Å². The molecule has 0 spiro atoms. The number of nitrogens with two attached hydrogens (primary N) is 4. The molecule has 0 aliphatic rings. The Morgan fingerprint density at radius 1 is 0.950 bits per heavy atom. The van der Waals surface area contributed by atoms with Gasteiger partial charge >= 0.3 is 5.97 Å². The number of carbonyl (C=O) groups excluding carboxylic acids is 4. The number of para-hydroxylation sites is 1. The van der Waals surface area contributed by atoms with Crippen molar-refractivity contribution in [1.82, 2.24) is 20.9 Å². The van der Waals surface area contributed by atoms with Gasteiger partial charge in [0.15, 0.2) is 5.96 Å². The number of carbonyl (C=O) groups is 5. The summed E-state index contributed by atoms with van der Waals surface area (Å²) in [6.07, 6.45) is 1.96. The molecule has 0 radical (unpaired) electrons. The molecule has 4 atom stereocenters. The van der Waals surface area contributed by atoms with Crippen LogP contribution in [0, 0.1) is 0 Å². The zero-order valence-electron chi connectivity index (χ0n) is 22.2. The van der Waals surface area contributed by atoms with Gasteiger partial charge in [-0.1, -0.05) is 18.2 Å². The predicted molar refractivity (Wildman–Crippen MR) is 147 cm³/mol. The quantitative estimate of drug-likeness (QED) is 0.0619. The fourth-order valence-corrected chi connectivity index (χ4v) is 3.86. The van der Waals surface area contributed by atoms with Gasteiger partial charge in [0.25, 0.3) is 0 Å². The largest absolute Gasteiger partial charge is 0.480 e. The Morgan fingerprint density at radius 3 is 2.25 bits per heavy atom. The van der Waals surface area contributed by atoms with E-state index in [1.165, 1.54) is 6.92 Å². The third-order valence-electron chi connectivity index (χ3n) is 6.08. The maximum atomic E-state index is 13.4. The number of nitrogens with zero attached hydrogens (tertiary/aromatic N) is 1. The number of hydrogen-bond acceptors (Lipinski definition) is 7. The molecule has 4 unspecified atom stereocenters. The number of primary amides is 1. The standard InChI is InChI=1S/C25H37N9O6/c1-13(24(39)40)32-23(38)19(11-14-12-31-17-6-3-2-5-15(14)17)34-22(37)18(7-4-10-30-25(28)29)33-21(36)16(26)8-9-20(27)35/h2-3,5-6,12-13,16,18-19,31H,4,7-11,26H2,1H3,(H2,27,35)(H,32,38)(H,33,36)(H,34,37)(H,39,40)(H4,28,29,30). The fourth-order valence-electron chi connectivity index (χ4n) is 3.86. The maximum absolute atomic E-state index is 13.4.